The highest BCUT2D eigenvalue weighted by molar-refractivity contribution is 5.75. The number of rotatable bonds is 6. The van der Waals surface area contributed by atoms with Gasteiger partial charge in [0.25, 0.3) is 0 Å². The molecule has 0 unspecified atom stereocenters. The second kappa shape index (κ2) is 8.23. The van der Waals surface area contributed by atoms with Gasteiger partial charge < -0.3 is 5.32 Å². The summed E-state index contributed by atoms with van der Waals surface area (Å²) in [5.41, 5.74) is 3.63. The zero-order valence-corrected chi connectivity index (χ0v) is 16.1. The van der Waals surface area contributed by atoms with Crippen LogP contribution in [-0.4, -0.2) is 51.2 Å². The van der Waals surface area contributed by atoms with Gasteiger partial charge in [0.1, 0.15) is 0 Å². The number of fused-ring (bicyclic) bond motifs is 1. The second-order valence-corrected chi connectivity index (χ2v) is 7.61. The lowest BCUT2D eigenvalue weighted by molar-refractivity contribution is -0.120. The van der Waals surface area contributed by atoms with Crippen molar-refractivity contribution in [2.75, 3.05) is 19.6 Å². The van der Waals surface area contributed by atoms with Gasteiger partial charge in [-0.3, -0.25) is 19.3 Å². The third kappa shape index (κ3) is 4.39. The van der Waals surface area contributed by atoms with Crippen LogP contribution in [0, 0.1) is 0 Å². The first-order valence-corrected chi connectivity index (χ1v) is 10.0. The highest BCUT2D eigenvalue weighted by Crippen LogP contribution is 2.23. The van der Waals surface area contributed by atoms with E-state index in [-0.39, 0.29) is 5.91 Å². The van der Waals surface area contributed by atoms with Crippen LogP contribution in [0.5, 0.6) is 0 Å². The van der Waals surface area contributed by atoms with Gasteiger partial charge in [-0.25, -0.2) is 0 Å². The number of carbonyl (C=O) groups excluding carboxylic acids is 1. The first-order valence-electron chi connectivity index (χ1n) is 10.0. The minimum absolute atomic E-state index is 0.0760. The predicted octanol–water partition coefficient (Wildman–Crippen LogP) is 2.00. The first-order chi connectivity index (χ1) is 13.2. The monoisotopic (exact) mass is 367 g/mol. The van der Waals surface area contributed by atoms with Gasteiger partial charge in [-0.2, -0.15) is 5.10 Å². The van der Waals surface area contributed by atoms with Crippen molar-refractivity contribution in [2.45, 2.75) is 52.0 Å². The predicted molar refractivity (Wildman–Crippen MR) is 105 cm³/mol. The molecule has 3 heterocycles. The molecule has 1 amide bonds. The number of hydrogen-bond acceptors (Lipinski definition) is 4. The molecule has 0 aliphatic carbocycles. The molecular weight excluding hydrogens is 338 g/mol. The number of nitrogens with one attached hydrogen (secondary N) is 1. The van der Waals surface area contributed by atoms with E-state index in [0.29, 0.717) is 19.0 Å². The van der Waals surface area contributed by atoms with Crippen LogP contribution in [0.3, 0.4) is 0 Å². The molecule has 4 rings (SSSR count). The van der Waals surface area contributed by atoms with E-state index in [1.54, 1.807) is 0 Å². The Morgan fingerprint density at radius 1 is 1.22 bits per heavy atom. The average molecular weight is 367 g/mol. The van der Waals surface area contributed by atoms with Crippen LogP contribution < -0.4 is 5.32 Å². The fourth-order valence-electron chi connectivity index (χ4n) is 4.15. The number of carbonyl (C=O) groups is 1. The van der Waals surface area contributed by atoms with Crippen LogP contribution in [0.15, 0.2) is 36.4 Å². The van der Waals surface area contributed by atoms with E-state index in [9.17, 15) is 4.79 Å². The molecule has 2 aliphatic heterocycles. The van der Waals surface area contributed by atoms with Gasteiger partial charge in [-0.1, -0.05) is 37.3 Å². The van der Waals surface area contributed by atoms with Crippen molar-refractivity contribution in [1.82, 2.24) is 24.9 Å². The van der Waals surface area contributed by atoms with Crippen LogP contribution in [-0.2, 0) is 31.0 Å². The van der Waals surface area contributed by atoms with E-state index in [2.05, 4.69) is 61.3 Å². The molecule has 1 atom stereocenters. The molecular formula is C21H29N5O. The summed E-state index contributed by atoms with van der Waals surface area (Å²) in [6, 6.07) is 13.5. The molecule has 0 spiro atoms. The molecule has 0 bridgehead atoms. The van der Waals surface area contributed by atoms with Crippen LogP contribution in [0.4, 0.5) is 0 Å². The van der Waals surface area contributed by atoms with Crippen molar-refractivity contribution < 1.29 is 4.79 Å². The van der Waals surface area contributed by atoms with Crippen molar-refractivity contribution >= 4 is 5.91 Å². The summed E-state index contributed by atoms with van der Waals surface area (Å²) in [4.78, 5) is 16.6. The zero-order valence-electron chi connectivity index (χ0n) is 16.1. The van der Waals surface area contributed by atoms with Crippen molar-refractivity contribution in [1.29, 1.82) is 0 Å². The van der Waals surface area contributed by atoms with E-state index in [4.69, 9.17) is 0 Å². The molecule has 1 aromatic heterocycles. The fourth-order valence-corrected chi connectivity index (χ4v) is 4.15. The maximum Gasteiger partial charge on any atom is 0.220 e. The Bertz CT molecular complexity index is 772. The summed E-state index contributed by atoms with van der Waals surface area (Å²) in [6.45, 7) is 8.70. The van der Waals surface area contributed by atoms with Gasteiger partial charge in [0.05, 0.1) is 24.5 Å². The summed E-state index contributed by atoms with van der Waals surface area (Å²) in [5.74, 6) is 0.0760. The molecule has 2 aromatic rings. The van der Waals surface area contributed by atoms with Gasteiger partial charge in [0.2, 0.25) is 5.91 Å². The normalized spacial score (nSPS) is 20.6. The number of amides is 1. The number of aromatic nitrogens is 2. The summed E-state index contributed by atoms with van der Waals surface area (Å²) in [7, 11) is 0. The number of nitrogens with zero attached hydrogens (tertiary/aromatic N) is 4. The molecule has 1 aromatic carbocycles. The Morgan fingerprint density at radius 3 is 2.89 bits per heavy atom. The Morgan fingerprint density at radius 2 is 2.07 bits per heavy atom. The van der Waals surface area contributed by atoms with Crippen LogP contribution in [0.1, 0.15) is 36.7 Å². The highest BCUT2D eigenvalue weighted by Gasteiger charge is 2.30. The summed E-state index contributed by atoms with van der Waals surface area (Å²) < 4.78 is 2.11. The van der Waals surface area contributed by atoms with Gasteiger partial charge in [0.15, 0.2) is 0 Å². The summed E-state index contributed by atoms with van der Waals surface area (Å²) >= 11 is 0. The largest absolute Gasteiger partial charge is 0.350 e. The standard InChI is InChI=1S/C21H29N5O/c1-2-21(27)22-13-18-12-20-16-25(10-11-26(20)23-18)19-8-9-24(15-19)14-17-6-4-3-5-7-17/h3-7,12,19H,2,8-11,13-16H2,1H3,(H,22,27)/t19-/m1/s1. The van der Waals surface area contributed by atoms with Crippen molar-refractivity contribution in [3.63, 3.8) is 0 Å². The van der Waals surface area contributed by atoms with Crippen molar-refractivity contribution in [2.24, 2.45) is 0 Å². The first kappa shape index (κ1) is 18.2. The quantitative estimate of drug-likeness (QED) is 0.849. The van der Waals surface area contributed by atoms with E-state index in [1.807, 2.05) is 6.92 Å². The van der Waals surface area contributed by atoms with Gasteiger partial charge in [0, 0.05) is 45.2 Å². The smallest absolute Gasteiger partial charge is 0.220 e. The third-order valence-corrected chi connectivity index (χ3v) is 5.68. The minimum Gasteiger partial charge on any atom is -0.350 e. The van der Waals surface area contributed by atoms with E-state index < -0.39 is 0 Å². The number of hydrogen-bond donors (Lipinski definition) is 1. The molecule has 0 saturated carbocycles. The highest BCUT2D eigenvalue weighted by atomic mass is 16.1. The maximum absolute atomic E-state index is 11.5. The lowest BCUT2D eigenvalue weighted by Crippen LogP contribution is -2.42. The van der Waals surface area contributed by atoms with E-state index in [0.717, 1.165) is 38.4 Å². The lowest BCUT2D eigenvalue weighted by Gasteiger charge is -2.32. The fraction of sp³-hybridized carbons (Fsp3) is 0.524. The van der Waals surface area contributed by atoms with Crippen LogP contribution in [0.2, 0.25) is 0 Å². The molecule has 6 nitrogen and oxygen atoms in total. The number of benzene rings is 1. The molecule has 1 saturated heterocycles. The molecule has 27 heavy (non-hydrogen) atoms. The second-order valence-electron chi connectivity index (χ2n) is 7.61. The summed E-state index contributed by atoms with van der Waals surface area (Å²) in [6.07, 6.45) is 1.75. The Labute approximate surface area is 161 Å². The molecule has 1 N–H and O–H groups in total. The van der Waals surface area contributed by atoms with Gasteiger partial charge in [-0.15, -0.1) is 0 Å². The topological polar surface area (TPSA) is 53.4 Å². The van der Waals surface area contributed by atoms with Crippen molar-refractivity contribution in [3.05, 3.63) is 53.3 Å². The zero-order chi connectivity index (χ0) is 18.6. The Kier molecular flexibility index (Phi) is 5.55. The van der Waals surface area contributed by atoms with Crippen molar-refractivity contribution in [3.8, 4) is 0 Å². The van der Waals surface area contributed by atoms with E-state index in [1.165, 1.54) is 24.2 Å². The van der Waals surface area contributed by atoms with Gasteiger partial charge >= 0.3 is 0 Å². The summed E-state index contributed by atoms with van der Waals surface area (Å²) in [5, 5.41) is 7.57. The molecule has 2 aliphatic rings. The molecule has 1 fully saturated rings. The lowest BCUT2D eigenvalue weighted by atomic mass is 10.2. The average Bonchev–Trinajstić information content (AvgIpc) is 3.32. The Hall–Kier alpha value is -2.18. The Balaban J connectivity index is 1.32. The van der Waals surface area contributed by atoms with Gasteiger partial charge in [-0.05, 0) is 18.1 Å². The third-order valence-electron chi connectivity index (χ3n) is 5.68. The van der Waals surface area contributed by atoms with E-state index >= 15 is 0 Å². The molecule has 0 radical (unpaired) electrons. The minimum atomic E-state index is 0.0760. The van der Waals surface area contributed by atoms with Crippen LogP contribution in [0.25, 0.3) is 0 Å². The van der Waals surface area contributed by atoms with Crippen LogP contribution >= 0.6 is 0 Å². The molecule has 144 valence electrons. The number of likely N-dealkylation sites (tertiary alicyclic amines) is 1. The SMILES string of the molecule is CCC(=O)NCc1cc2n(n1)CCN([C@@H]1CCN(Cc3ccccc3)C1)C2. The molecule has 6 heteroatoms. The maximum atomic E-state index is 11.5.